The van der Waals surface area contributed by atoms with Gasteiger partial charge in [0.2, 0.25) is 0 Å². The number of unbranched alkanes of at least 4 members (excludes halogenated alkanes) is 4. The number of hydrogen-bond donors (Lipinski definition) is 4. The zero-order valence-corrected chi connectivity index (χ0v) is 19.9. The van der Waals surface area contributed by atoms with E-state index in [2.05, 4.69) is 63.6 Å². The standard InChI is InChI=1S/2C5H12.2CH3NOS.Bi.3H/c2*1-3-5-4-2;2*2-1(3)4;;;;/h2*3-5H2,1-2H3;2*(H3,2,3,4);;;;. The van der Waals surface area contributed by atoms with E-state index in [4.69, 9.17) is 10.2 Å². The zero-order valence-electron chi connectivity index (χ0n) is 12.8. The number of nitrogens with two attached hydrogens (primary N) is 2. The van der Waals surface area contributed by atoms with E-state index in [1.54, 1.807) is 0 Å². The summed E-state index contributed by atoms with van der Waals surface area (Å²) in [5.41, 5.74) is 8.80. The van der Waals surface area contributed by atoms with E-state index >= 15 is 0 Å². The van der Waals surface area contributed by atoms with Gasteiger partial charge in [0.15, 0.2) is 0 Å². The molecule has 0 aliphatic carbocycles. The first-order valence-corrected chi connectivity index (χ1v) is 7.08. The van der Waals surface area contributed by atoms with E-state index in [0.29, 0.717) is 0 Å². The van der Waals surface area contributed by atoms with Gasteiger partial charge >= 0.3 is 26.2 Å². The van der Waals surface area contributed by atoms with Crippen LogP contribution in [0.15, 0.2) is 0 Å². The molecule has 0 fully saturated rings. The second-order valence-electron chi connectivity index (χ2n) is 3.38. The molecule has 0 aliphatic heterocycles. The molecule has 0 heterocycles. The molecular weight excluding hydrogens is 477 g/mol. The summed E-state index contributed by atoms with van der Waals surface area (Å²) < 4.78 is 0. The van der Waals surface area contributed by atoms with Crippen molar-refractivity contribution < 1.29 is 10.2 Å². The van der Waals surface area contributed by atoms with Crippen LogP contribution in [-0.2, 0) is 0 Å². The van der Waals surface area contributed by atoms with Crippen LogP contribution in [0.4, 0.5) is 0 Å². The van der Waals surface area contributed by atoms with E-state index in [1.807, 2.05) is 0 Å². The first-order chi connectivity index (χ1) is 8.29. The van der Waals surface area contributed by atoms with Crippen LogP contribution in [0.5, 0.6) is 0 Å². The van der Waals surface area contributed by atoms with Gasteiger partial charge in [-0.3, -0.25) is 0 Å². The van der Waals surface area contributed by atoms with Gasteiger partial charge in [-0.05, 0) is 24.4 Å². The molecule has 6 N–H and O–H groups in total. The van der Waals surface area contributed by atoms with Crippen molar-refractivity contribution in [1.82, 2.24) is 0 Å². The minimum absolute atomic E-state index is 0. The molecule has 0 radical (unpaired) electrons. The van der Waals surface area contributed by atoms with Crippen LogP contribution in [0.3, 0.4) is 0 Å². The first-order valence-electron chi connectivity index (χ1n) is 6.26. The topological polar surface area (TPSA) is 92.5 Å². The summed E-state index contributed by atoms with van der Waals surface area (Å²) >= 11 is 7.74. The second kappa shape index (κ2) is 36.2. The fourth-order valence-electron chi connectivity index (χ4n) is 0.707. The van der Waals surface area contributed by atoms with Gasteiger partial charge in [0.1, 0.15) is 0 Å². The first kappa shape index (κ1) is 31.6. The zero-order chi connectivity index (χ0) is 15.4. The van der Waals surface area contributed by atoms with Crippen LogP contribution in [0.1, 0.15) is 66.2 Å². The van der Waals surface area contributed by atoms with E-state index in [-0.39, 0.29) is 26.2 Å². The molecule has 0 unspecified atom stereocenters. The van der Waals surface area contributed by atoms with E-state index in [1.165, 1.54) is 38.5 Å². The van der Waals surface area contributed by atoms with Gasteiger partial charge in [-0.2, -0.15) is 0 Å². The molecule has 0 rings (SSSR count). The summed E-state index contributed by atoms with van der Waals surface area (Å²) in [6, 6.07) is 0. The maximum atomic E-state index is 7.56. The average Bonchev–Trinajstić information content (AvgIpc) is 2.19. The van der Waals surface area contributed by atoms with Crippen molar-refractivity contribution in [2.75, 3.05) is 0 Å². The summed E-state index contributed by atoms with van der Waals surface area (Å²) in [5.74, 6) is 0. The Morgan fingerprint density at radius 2 is 0.842 bits per heavy atom. The molecule has 0 aliphatic rings. The Morgan fingerprint density at radius 3 is 0.842 bits per heavy atom. The molecule has 120 valence electrons. The molecule has 0 amide bonds. The number of rotatable bonds is 4. The summed E-state index contributed by atoms with van der Waals surface area (Å²) in [4.78, 5) is 0. The summed E-state index contributed by atoms with van der Waals surface area (Å²) in [6.45, 7) is 8.85. The summed E-state index contributed by atoms with van der Waals surface area (Å²) in [7, 11) is 0. The maximum absolute atomic E-state index is 7.56. The van der Waals surface area contributed by atoms with E-state index < -0.39 is 10.3 Å². The van der Waals surface area contributed by atoms with Crippen molar-refractivity contribution in [2.24, 2.45) is 11.5 Å². The fraction of sp³-hybridized carbons (Fsp3) is 0.833. The predicted molar refractivity (Wildman–Crippen MR) is 99.2 cm³/mol. The van der Waals surface area contributed by atoms with Crippen LogP contribution in [0, 0.1) is 0 Å². The third kappa shape index (κ3) is 266. The van der Waals surface area contributed by atoms with Crippen LogP contribution >= 0.6 is 24.4 Å². The van der Waals surface area contributed by atoms with Crippen LogP contribution in [-0.4, -0.2) is 46.8 Å². The van der Waals surface area contributed by atoms with Crippen molar-refractivity contribution in [2.45, 2.75) is 66.2 Å². The van der Waals surface area contributed by atoms with Gasteiger partial charge in [0.25, 0.3) is 10.3 Å². The monoisotopic (exact) mass is 510 g/mol. The molecule has 0 aromatic carbocycles. The number of aliphatic hydroxyl groups excluding tert-OH is 2. The molecule has 4 nitrogen and oxygen atoms in total. The Kier molecular flexibility index (Phi) is 60.2. The molecular formula is C12H33BiN2O2S2. The Bertz CT molecular complexity index is 144. The summed E-state index contributed by atoms with van der Waals surface area (Å²) in [6.07, 6.45) is 8.15. The van der Waals surface area contributed by atoms with Crippen molar-refractivity contribution in [3.63, 3.8) is 0 Å². The van der Waals surface area contributed by atoms with E-state index in [9.17, 15) is 0 Å². The molecule has 19 heavy (non-hydrogen) atoms. The molecule has 0 aromatic rings. The average molecular weight is 511 g/mol. The Balaban J connectivity index is -0.0000000453. The molecule has 0 aromatic heterocycles. The quantitative estimate of drug-likeness (QED) is 0.344. The van der Waals surface area contributed by atoms with Gasteiger partial charge in [0, 0.05) is 0 Å². The molecule has 0 atom stereocenters. The van der Waals surface area contributed by atoms with Crippen LogP contribution in [0.2, 0.25) is 0 Å². The molecule has 0 bridgehead atoms. The van der Waals surface area contributed by atoms with Crippen molar-refractivity contribution in [3.05, 3.63) is 0 Å². The molecule has 0 saturated heterocycles. The van der Waals surface area contributed by atoms with E-state index in [0.717, 1.165) is 0 Å². The van der Waals surface area contributed by atoms with Crippen LogP contribution < -0.4 is 11.5 Å². The number of aliphatic hydroxyl groups is 2. The van der Waals surface area contributed by atoms with Crippen molar-refractivity contribution in [1.29, 1.82) is 0 Å². The fourth-order valence-corrected chi connectivity index (χ4v) is 0.707. The Labute approximate surface area is 148 Å². The normalized spacial score (nSPS) is 6.95. The number of thiocarbonyl (C=S) groups is 2. The third-order valence-corrected chi connectivity index (χ3v) is 1.41. The van der Waals surface area contributed by atoms with Gasteiger partial charge < -0.3 is 21.7 Å². The molecule has 7 heteroatoms. The van der Waals surface area contributed by atoms with Gasteiger partial charge in [-0.15, -0.1) is 0 Å². The van der Waals surface area contributed by atoms with Gasteiger partial charge in [0.05, 0.1) is 0 Å². The van der Waals surface area contributed by atoms with Crippen LogP contribution in [0.25, 0.3) is 0 Å². The van der Waals surface area contributed by atoms with Gasteiger partial charge in [-0.25, -0.2) is 0 Å². The molecule has 0 saturated carbocycles. The van der Waals surface area contributed by atoms with Gasteiger partial charge in [-0.1, -0.05) is 66.2 Å². The second-order valence-corrected chi connectivity index (χ2v) is 4.22. The molecule has 0 spiro atoms. The minimum atomic E-state index is -0.500. The summed E-state index contributed by atoms with van der Waals surface area (Å²) in [5, 5.41) is 14.1. The Morgan fingerprint density at radius 1 is 0.737 bits per heavy atom. The Hall–Kier alpha value is 0.263. The number of hydrogen-bond acceptors (Lipinski definition) is 2. The van der Waals surface area contributed by atoms with Crippen molar-refractivity contribution >= 4 is 61.0 Å². The SMILES string of the molecule is CCCCC.CCCCC.NC(O)=S.NC(O)=S.[BiH3]. The van der Waals surface area contributed by atoms with Crippen molar-refractivity contribution in [3.8, 4) is 0 Å². The third-order valence-electron chi connectivity index (χ3n) is 1.41. The predicted octanol–water partition coefficient (Wildman–Crippen LogP) is 2.79.